The van der Waals surface area contributed by atoms with E-state index in [1.807, 2.05) is 48.5 Å². The van der Waals surface area contributed by atoms with Crippen LogP contribution >= 0.6 is 0 Å². The molecule has 8 heteroatoms. The van der Waals surface area contributed by atoms with Crippen LogP contribution in [0.1, 0.15) is 140 Å². The van der Waals surface area contributed by atoms with Crippen molar-refractivity contribution >= 4 is 23.8 Å². The van der Waals surface area contributed by atoms with Gasteiger partial charge in [0.2, 0.25) is 0 Å². The van der Waals surface area contributed by atoms with Crippen LogP contribution in [0.2, 0.25) is 0 Å². The van der Waals surface area contributed by atoms with Crippen LogP contribution in [0, 0.1) is 0 Å². The van der Waals surface area contributed by atoms with Crippen molar-refractivity contribution in [2.45, 2.75) is 128 Å². The third-order valence-corrected chi connectivity index (χ3v) is 10.5. The minimum absolute atomic E-state index is 0.143. The number of phenols is 2. The number of aliphatic imine (C=N–C) groups is 2. The molecule has 3 aromatic carbocycles. The summed E-state index contributed by atoms with van der Waals surface area (Å²) in [4.78, 5) is 9.06. The first-order valence-electron chi connectivity index (χ1n) is 22.6. The monoisotopic (exact) mass is 801 g/mol. The van der Waals surface area contributed by atoms with E-state index in [4.69, 9.17) is 9.47 Å². The number of benzene rings is 3. The van der Waals surface area contributed by atoms with Gasteiger partial charge in [-0.3, -0.25) is 9.98 Å². The number of hydrogen-bond donors (Lipinski definition) is 2. The summed E-state index contributed by atoms with van der Waals surface area (Å²) in [5, 5.41) is 21.1. The van der Waals surface area contributed by atoms with Gasteiger partial charge in [-0.1, -0.05) is 89.9 Å². The van der Waals surface area contributed by atoms with E-state index in [-0.39, 0.29) is 11.5 Å². The number of phenolic OH excluding ortho intramolecular Hbond substituents is 2. The van der Waals surface area contributed by atoms with Gasteiger partial charge in [0, 0.05) is 35.7 Å². The topological polar surface area (TPSA) is 83.6 Å². The quantitative estimate of drug-likeness (QED) is 0.0374. The van der Waals surface area contributed by atoms with Crippen molar-refractivity contribution in [2.24, 2.45) is 9.98 Å². The molecule has 0 saturated carbocycles. The van der Waals surface area contributed by atoms with Crippen LogP contribution in [0.25, 0.3) is 0 Å². The van der Waals surface area contributed by atoms with E-state index >= 15 is 0 Å². The Morgan fingerprint density at radius 2 is 0.707 bits per heavy atom. The molecule has 0 saturated heterocycles. The second-order valence-electron chi connectivity index (χ2n) is 18.3. The van der Waals surface area contributed by atoms with E-state index in [1.54, 1.807) is 24.6 Å². The lowest BCUT2D eigenvalue weighted by molar-refractivity contribution is -0.870. The zero-order chi connectivity index (χ0) is 41.9. The predicted molar refractivity (Wildman–Crippen MR) is 246 cm³/mol. The molecule has 0 spiro atoms. The van der Waals surface area contributed by atoms with Gasteiger partial charge >= 0.3 is 0 Å². The summed E-state index contributed by atoms with van der Waals surface area (Å²) in [6, 6.07) is 18.2. The Balaban J connectivity index is 1.25. The first-order valence-corrected chi connectivity index (χ1v) is 22.6. The maximum Gasteiger partial charge on any atom is 0.128 e. The van der Waals surface area contributed by atoms with Crippen molar-refractivity contribution in [3.63, 3.8) is 0 Å². The average Bonchev–Trinajstić information content (AvgIpc) is 3.17. The predicted octanol–water partition coefficient (Wildman–Crippen LogP) is 12.6. The van der Waals surface area contributed by atoms with Gasteiger partial charge in [-0.15, -0.1) is 0 Å². The van der Waals surface area contributed by atoms with E-state index in [1.165, 1.54) is 129 Å². The number of ether oxygens (including phenoxy) is 2. The molecule has 8 nitrogen and oxygen atoms in total. The number of quaternary nitrogens is 2. The van der Waals surface area contributed by atoms with Crippen LogP contribution in [0.4, 0.5) is 11.4 Å². The molecule has 2 N–H and O–H groups in total. The molecule has 0 aliphatic carbocycles. The fourth-order valence-electron chi connectivity index (χ4n) is 6.94. The van der Waals surface area contributed by atoms with E-state index in [9.17, 15) is 10.2 Å². The molecule has 3 rings (SSSR count). The molecule has 0 atom stereocenters. The minimum Gasteiger partial charge on any atom is -0.507 e. The molecule has 322 valence electrons. The minimum atomic E-state index is 0.143. The van der Waals surface area contributed by atoms with Gasteiger partial charge in [-0.2, -0.15) is 0 Å². The van der Waals surface area contributed by atoms with Crippen molar-refractivity contribution in [1.82, 2.24) is 0 Å². The van der Waals surface area contributed by atoms with Gasteiger partial charge in [0.05, 0.1) is 80.0 Å². The molecule has 0 heterocycles. The van der Waals surface area contributed by atoms with E-state index < -0.39 is 0 Å². The number of aromatic hydroxyl groups is 2. The van der Waals surface area contributed by atoms with Crippen molar-refractivity contribution in [3.05, 3.63) is 71.8 Å². The Morgan fingerprint density at radius 3 is 1.00 bits per heavy atom. The van der Waals surface area contributed by atoms with Crippen LogP contribution in [-0.4, -0.2) is 100 Å². The maximum absolute atomic E-state index is 10.6. The summed E-state index contributed by atoms with van der Waals surface area (Å²) in [6.45, 7) is 3.86. The van der Waals surface area contributed by atoms with Crippen LogP contribution < -0.4 is 9.47 Å². The van der Waals surface area contributed by atoms with Crippen molar-refractivity contribution in [2.75, 3.05) is 68.6 Å². The summed E-state index contributed by atoms with van der Waals surface area (Å²) in [6.07, 6.45) is 29.1. The molecular formula is C50H80N4O4+2. The van der Waals surface area contributed by atoms with E-state index in [0.717, 1.165) is 33.2 Å². The smallest absolute Gasteiger partial charge is 0.128 e. The molecule has 0 aliphatic heterocycles. The summed E-state index contributed by atoms with van der Waals surface area (Å²) >= 11 is 0. The molecule has 58 heavy (non-hydrogen) atoms. The third-order valence-electron chi connectivity index (χ3n) is 10.5. The summed E-state index contributed by atoms with van der Waals surface area (Å²) < 4.78 is 13.9. The second kappa shape index (κ2) is 27.7. The molecule has 0 fully saturated rings. The molecule has 3 aromatic rings. The van der Waals surface area contributed by atoms with Gasteiger partial charge in [-0.25, -0.2) is 0 Å². The highest BCUT2D eigenvalue weighted by atomic mass is 16.5. The van der Waals surface area contributed by atoms with Crippen LogP contribution in [-0.2, 0) is 0 Å². The van der Waals surface area contributed by atoms with Crippen molar-refractivity contribution < 1.29 is 28.7 Å². The van der Waals surface area contributed by atoms with Crippen LogP contribution in [0.3, 0.4) is 0 Å². The standard InChI is InChI=1S/C50H78N4O4/c1-53(2,3)35-23-19-15-11-7-9-13-17-21-25-37-57-47-33-27-43(49(55)39-47)41-51-45-29-31-46(32-30-45)52-42-44-28-34-48(40-50(44)56)58-38-26-22-18-14-10-8-12-16-20-24-36-54(4,5)6/h27-34,39-42H,7-26,35-38H2,1-6H3/p+2. The normalized spacial score (nSPS) is 12.2. The lowest BCUT2D eigenvalue weighted by Gasteiger charge is -2.23. The average molecular weight is 801 g/mol. The highest BCUT2D eigenvalue weighted by Crippen LogP contribution is 2.26. The molecular weight excluding hydrogens is 721 g/mol. The Hall–Kier alpha value is -3.88. The Bertz CT molecular complexity index is 1470. The zero-order valence-electron chi connectivity index (χ0n) is 37.4. The Labute approximate surface area is 353 Å². The number of nitrogens with zero attached hydrogens (tertiary/aromatic N) is 4. The fraction of sp³-hybridized carbons (Fsp3) is 0.600. The molecule has 0 aliphatic rings. The highest BCUT2D eigenvalue weighted by molar-refractivity contribution is 5.87. The Morgan fingerprint density at radius 1 is 0.414 bits per heavy atom. The van der Waals surface area contributed by atoms with E-state index in [2.05, 4.69) is 52.3 Å². The van der Waals surface area contributed by atoms with Gasteiger partial charge in [0.25, 0.3) is 0 Å². The molecule has 0 aromatic heterocycles. The Kier molecular flexibility index (Phi) is 23.2. The number of hydrogen-bond acceptors (Lipinski definition) is 6. The lowest BCUT2D eigenvalue weighted by Crippen LogP contribution is -2.35. The summed E-state index contributed by atoms with van der Waals surface area (Å²) in [5.74, 6) is 1.64. The zero-order valence-corrected chi connectivity index (χ0v) is 37.4. The SMILES string of the molecule is C[N+](C)(C)CCCCCCCCCCCCOc1ccc(C=Nc2ccc(N=Cc3ccc(OCCCCCCCCCCCC[N+](C)(C)C)cc3O)cc2)c(O)c1. The highest BCUT2D eigenvalue weighted by Gasteiger charge is 2.07. The summed E-state index contributed by atoms with van der Waals surface area (Å²) in [7, 11) is 13.6. The largest absolute Gasteiger partial charge is 0.507 e. The van der Waals surface area contributed by atoms with Crippen molar-refractivity contribution in [1.29, 1.82) is 0 Å². The first-order chi connectivity index (χ1) is 27.9. The van der Waals surface area contributed by atoms with E-state index in [0.29, 0.717) is 35.8 Å². The fourth-order valence-corrected chi connectivity index (χ4v) is 6.94. The first kappa shape index (κ1) is 48.5. The number of unbranched alkanes of at least 4 members (excludes halogenated alkanes) is 18. The lowest BCUT2D eigenvalue weighted by atomic mass is 10.1. The molecule has 0 unspecified atom stereocenters. The van der Waals surface area contributed by atoms with Gasteiger partial charge in [0.15, 0.2) is 0 Å². The third kappa shape index (κ3) is 23.5. The number of rotatable bonds is 32. The maximum atomic E-state index is 10.6. The van der Waals surface area contributed by atoms with Gasteiger partial charge in [0.1, 0.15) is 23.0 Å². The molecule has 0 amide bonds. The molecule has 0 bridgehead atoms. The summed E-state index contributed by atoms with van der Waals surface area (Å²) in [5.41, 5.74) is 2.75. The van der Waals surface area contributed by atoms with Gasteiger partial charge < -0.3 is 28.7 Å². The van der Waals surface area contributed by atoms with Crippen LogP contribution in [0.15, 0.2) is 70.6 Å². The van der Waals surface area contributed by atoms with Crippen molar-refractivity contribution in [3.8, 4) is 23.0 Å². The van der Waals surface area contributed by atoms with Gasteiger partial charge in [-0.05, 0) is 87.1 Å². The second-order valence-corrected chi connectivity index (χ2v) is 18.3. The molecule has 0 radical (unpaired) electrons. The van der Waals surface area contributed by atoms with Crippen LogP contribution in [0.5, 0.6) is 23.0 Å².